The normalized spacial score (nSPS) is 26.1. The molecule has 0 aliphatic carbocycles. The Kier molecular flexibility index (Phi) is 6.71. The molecule has 2 fully saturated rings. The quantitative estimate of drug-likeness (QED) is 0.576. The van der Waals surface area contributed by atoms with Crippen LogP contribution in [0.3, 0.4) is 0 Å². The van der Waals surface area contributed by atoms with Crippen LogP contribution in [-0.4, -0.2) is 51.9 Å². The van der Waals surface area contributed by atoms with Crippen molar-refractivity contribution >= 4 is 33.3 Å². The van der Waals surface area contributed by atoms with E-state index in [-0.39, 0.29) is 17.7 Å². The average Bonchev–Trinajstić information content (AvgIpc) is 3.13. The second kappa shape index (κ2) is 8.29. The minimum atomic E-state index is -0.453. The Labute approximate surface area is 128 Å². The van der Waals surface area contributed by atoms with Gasteiger partial charge in [-0.25, -0.2) is 0 Å². The van der Waals surface area contributed by atoms with Gasteiger partial charge in [-0.05, 0) is 32.1 Å². The maximum atomic E-state index is 12.2. The third-order valence-corrected chi connectivity index (χ3v) is 7.00. The van der Waals surface area contributed by atoms with E-state index in [2.05, 4.69) is 0 Å². The van der Waals surface area contributed by atoms with Crippen LogP contribution in [0.2, 0.25) is 0 Å². The number of amides is 1. The number of carbonyl (C=O) groups is 2. The number of carbonyl (C=O) groups excluding carboxylic acids is 2. The molecule has 0 saturated carbocycles. The van der Waals surface area contributed by atoms with E-state index >= 15 is 0 Å². The lowest BCUT2D eigenvalue weighted by atomic mass is 10.1. The van der Waals surface area contributed by atoms with Crippen molar-refractivity contribution in [1.29, 1.82) is 0 Å². The first-order chi connectivity index (χ1) is 9.72. The first kappa shape index (κ1) is 16.2. The molecular formula is C14H23NO3S2. The van der Waals surface area contributed by atoms with Crippen LogP contribution in [-0.2, 0) is 9.59 Å². The van der Waals surface area contributed by atoms with Crippen molar-refractivity contribution in [1.82, 2.24) is 4.90 Å². The van der Waals surface area contributed by atoms with Gasteiger partial charge in [-0.15, -0.1) is 0 Å². The summed E-state index contributed by atoms with van der Waals surface area (Å²) >= 11 is 0. The summed E-state index contributed by atoms with van der Waals surface area (Å²) in [5.41, 5.74) is 0. The largest absolute Gasteiger partial charge is 0.389 e. The monoisotopic (exact) mass is 317 g/mol. The number of aliphatic hydroxyl groups is 1. The van der Waals surface area contributed by atoms with E-state index in [9.17, 15) is 9.59 Å². The molecule has 2 heterocycles. The number of hydrogen-bond donors (Lipinski definition) is 1. The number of aliphatic hydroxyl groups excluding tert-OH is 1. The van der Waals surface area contributed by atoms with Crippen molar-refractivity contribution in [2.24, 2.45) is 0 Å². The van der Waals surface area contributed by atoms with E-state index in [1.807, 2.05) is 21.6 Å². The molecule has 6 heteroatoms. The molecule has 2 aliphatic heterocycles. The number of Topliss-reactive ketones (excluding diaryl/α,β-unsaturated/α-hetero) is 1. The lowest BCUT2D eigenvalue weighted by Gasteiger charge is -2.23. The minimum absolute atomic E-state index is 0.0859. The van der Waals surface area contributed by atoms with E-state index in [0.29, 0.717) is 19.4 Å². The zero-order valence-corrected chi connectivity index (χ0v) is 13.4. The van der Waals surface area contributed by atoms with Gasteiger partial charge in [0.05, 0.1) is 6.04 Å². The SMILES string of the molecule is O=C(CO)C1CCCN1C(=O)CCCCC1CCSS1. The van der Waals surface area contributed by atoms with Crippen LogP contribution in [0.5, 0.6) is 0 Å². The van der Waals surface area contributed by atoms with Gasteiger partial charge < -0.3 is 10.0 Å². The van der Waals surface area contributed by atoms with E-state index in [0.717, 1.165) is 24.5 Å². The van der Waals surface area contributed by atoms with Gasteiger partial charge in [-0.3, -0.25) is 9.59 Å². The van der Waals surface area contributed by atoms with E-state index in [1.54, 1.807) is 4.90 Å². The van der Waals surface area contributed by atoms with Gasteiger partial charge in [-0.2, -0.15) is 0 Å². The summed E-state index contributed by atoms with van der Waals surface area (Å²) in [6.07, 6.45) is 6.62. The third-order valence-electron chi connectivity index (χ3n) is 3.99. The molecule has 0 aromatic rings. The Hall–Kier alpha value is -0.200. The molecule has 114 valence electrons. The molecule has 0 aromatic carbocycles. The van der Waals surface area contributed by atoms with Gasteiger partial charge in [0.2, 0.25) is 5.91 Å². The second-order valence-corrected chi connectivity index (χ2v) is 8.23. The summed E-state index contributed by atoms with van der Waals surface area (Å²) in [6, 6.07) is -0.366. The highest BCUT2D eigenvalue weighted by atomic mass is 33.1. The highest BCUT2D eigenvalue weighted by Gasteiger charge is 2.32. The van der Waals surface area contributed by atoms with E-state index < -0.39 is 6.61 Å². The fraction of sp³-hybridized carbons (Fsp3) is 0.857. The molecule has 2 saturated heterocycles. The predicted molar refractivity (Wildman–Crippen MR) is 83.7 cm³/mol. The highest BCUT2D eigenvalue weighted by Crippen LogP contribution is 2.39. The molecule has 2 unspecified atom stereocenters. The van der Waals surface area contributed by atoms with Crippen LogP contribution < -0.4 is 0 Å². The van der Waals surface area contributed by atoms with Crippen molar-refractivity contribution in [3.05, 3.63) is 0 Å². The third kappa shape index (κ3) is 4.40. The Morgan fingerprint density at radius 1 is 1.25 bits per heavy atom. The smallest absolute Gasteiger partial charge is 0.223 e. The molecule has 2 atom stereocenters. The topological polar surface area (TPSA) is 57.6 Å². The lowest BCUT2D eigenvalue weighted by Crippen LogP contribution is -2.41. The molecule has 2 aliphatic rings. The summed E-state index contributed by atoms with van der Waals surface area (Å²) in [4.78, 5) is 25.4. The van der Waals surface area contributed by atoms with Crippen LogP contribution in [0, 0.1) is 0 Å². The van der Waals surface area contributed by atoms with Gasteiger partial charge >= 0.3 is 0 Å². The first-order valence-electron chi connectivity index (χ1n) is 7.43. The van der Waals surface area contributed by atoms with Crippen LogP contribution in [0.1, 0.15) is 44.9 Å². The number of unbranched alkanes of at least 4 members (excludes halogenated alkanes) is 1. The van der Waals surface area contributed by atoms with E-state index in [1.165, 1.54) is 18.6 Å². The van der Waals surface area contributed by atoms with Crippen molar-refractivity contribution < 1.29 is 14.7 Å². The first-order valence-corrected chi connectivity index (χ1v) is 9.82. The van der Waals surface area contributed by atoms with Crippen molar-refractivity contribution in [2.75, 3.05) is 18.9 Å². The second-order valence-electron chi connectivity index (χ2n) is 5.44. The summed E-state index contributed by atoms with van der Waals surface area (Å²) in [6.45, 7) is 0.218. The molecule has 0 radical (unpaired) electrons. The number of rotatable bonds is 7. The molecule has 1 N–H and O–H groups in total. The van der Waals surface area contributed by atoms with Gasteiger partial charge in [0, 0.05) is 24.0 Å². The maximum absolute atomic E-state index is 12.2. The van der Waals surface area contributed by atoms with Gasteiger partial charge in [0.25, 0.3) is 0 Å². The Morgan fingerprint density at radius 3 is 2.80 bits per heavy atom. The van der Waals surface area contributed by atoms with Crippen molar-refractivity contribution in [2.45, 2.75) is 56.2 Å². The van der Waals surface area contributed by atoms with Crippen LogP contribution >= 0.6 is 21.6 Å². The van der Waals surface area contributed by atoms with Crippen LogP contribution in [0.25, 0.3) is 0 Å². The standard InChI is InChI=1S/C14H23NO3S2/c16-10-13(17)12-5-3-8-15(12)14(18)6-2-1-4-11-7-9-19-20-11/h11-12,16H,1-10H2. The van der Waals surface area contributed by atoms with E-state index in [4.69, 9.17) is 5.11 Å². The average molecular weight is 317 g/mol. The number of nitrogens with zero attached hydrogens (tertiary/aromatic N) is 1. The fourth-order valence-electron chi connectivity index (χ4n) is 2.86. The summed E-state index contributed by atoms with van der Waals surface area (Å²) in [5, 5.41) is 9.71. The van der Waals surface area contributed by atoms with Crippen molar-refractivity contribution in [3.63, 3.8) is 0 Å². The lowest BCUT2D eigenvalue weighted by molar-refractivity contribution is -0.138. The summed E-state index contributed by atoms with van der Waals surface area (Å²) in [5.74, 6) is 1.13. The molecule has 4 nitrogen and oxygen atoms in total. The zero-order valence-electron chi connectivity index (χ0n) is 11.8. The molecule has 0 bridgehead atoms. The summed E-state index contributed by atoms with van der Waals surface area (Å²) < 4.78 is 0. The maximum Gasteiger partial charge on any atom is 0.223 e. The van der Waals surface area contributed by atoms with Gasteiger partial charge in [0.15, 0.2) is 5.78 Å². The number of ketones is 1. The molecule has 1 amide bonds. The minimum Gasteiger partial charge on any atom is -0.389 e. The number of hydrogen-bond acceptors (Lipinski definition) is 5. The van der Waals surface area contributed by atoms with Crippen molar-refractivity contribution in [3.8, 4) is 0 Å². The van der Waals surface area contributed by atoms with Crippen LogP contribution in [0.15, 0.2) is 0 Å². The molecule has 0 spiro atoms. The number of likely N-dealkylation sites (tertiary alicyclic amines) is 1. The summed E-state index contributed by atoms with van der Waals surface area (Å²) in [7, 11) is 3.94. The fourth-order valence-corrected chi connectivity index (χ4v) is 5.89. The van der Waals surface area contributed by atoms with Crippen LogP contribution in [0.4, 0.5) is 0 Å². The predicted octanol–water partition coefficient (Wildman–Crippen LogP) is 2.25. The Bertz CT molecular complexity index is 345. The Morgan fingerprint density at radius 2 is 2.10 bits per heavy atom. The van der Waals surface area contributed by atoms with Gasteiger partial charge in [0.1, 0.15) is 6.61 Å². The Balaban J connectivity index is 1.67. The van der Waals surface area contributed by atoms with Gasteiger partial charge in [-0.1, -0.05) is 28.0 Å². The molecular weight excluding hydrogens is 294 g/mol. The molecule has 2 rings (SSSR count). The highest BCUT2D eigenvalue weighted by molar-refractivity contribution is 8.77. The molecule has 20 heavy (non-hydrogen) atoms. The zero-order chi connectivity index (χ0) is 14.4. The molecule has 0 aromatic heterocycles.